The normalized spacial score (nSPS) is 12.0. The van der Waals surface area contributed by atoms with Crippen LogP contribution in [0.2, 0.25) is 0 Å². The number of sulfonamides is 1. The minimum absolute atomic E-state index is 0.145. The van der Waals surface area contributed by atoms with E-state index in [2.05, 4.69) is 10.0 Å². The molecule has 0 saturated heterocycles. The molecule has 0 atom stereocenters. The Labute approximate surface area is 177 Å². The molecule has 2 N–H and O–H groups in total. The van der Waals surface area contributed by atoms with E-state index in [1.807, 2.05) is 48.5 Å². The molecule has 0 heterocycles. The lowest BCUT2D eigenvalue weighted by Gasteiger charge is -2.19. The average molecular weight is 427 g/mol. The van der Waals surface area contributed by atoms with Crippen LogP contribution < -0.4 is 10.0 Å². The van der Waals surface area contributed by atoms with Gasteiger partial charge < -0.3 is 10.1 Å². The zero-order chi connectivity index (χ0) is 21.8. The number of hydrogen-bond donors (Lipinski definition) is 2. The summed E-state index contributed by atoms with van der Waals surface area (Å²) in [6.45, 7) is 5.84. The van der Waals surface area contributed by atoms with Crippen molar-refractivity contribution < 1.29 is 17.9 Å². The number of benzene rings is 3. The first kappa shape index (κ1) is 21.8. The van der Waals surface area contributed by atoms with Gasteiger partial charge in [0, 0.05) is 18.5 Å². The molecule has 158 valence electrons. The van der Waals surface area contributed by atoms with Crippen molar-refractivity contribution in [1.82, 2.24) is 10.0 Å². The maximum absolute atomic E-state index is 12.9. The summed E-state index contributed by atoms with van der Waals surface area (Å²) in [4.78, 5) is 12.1. The van der Waals surface area contributed by atoms with Crippen molar-refractivity contribution in [1.29, 1.82) is 0 Å². The lowest BCUT2D eigenvalue weighted by Crippen LogP contribution is -2.32. The lowest BCUT2D eigenvalue weighted by atomic mass is 10.1. The van der Waals surface area contributed by atoms with Crippen LogP contribution in [-0.4, -0.2) is 20.1 Å². The van der Waals surface area contributed by atoms with Crippen molar-refractivity contribution in [3.8, 4) is 0 Å². The molecule has 1 amide bonds. The van der Waals surface area contributed by atoms with Crippen molar-refractivity contribution in [2.45, 2.75) is 44.4 Å². The predicted octanol–water partition coefficient (Wildman–Crippen LogP) is 4.34. The Kier molecular flexibility index (Phi) is 6.43. The molecule has 0 spiro atoms. The number of hydrogen-bond acceptors (Lipinski definition) is 4. The fraction of sp³-hybridized carbons (Fsp3) is 0.261. The number of alkyl carbamates (subject to hydrolysis) is 1. The van der Waals surface area contributed by atoms with Crippen molar-refractivity contribution >= 4 is 26.9 Å². The summed E-state index contributed by atoms with van der Waals surface area (Å²) in [5.41, 5.74) is 1.08. The molecule has 0 saturated carbocycles. The smallest absolute Gasteiger partial charge is 0.407 e. The number of rotatable bonds is 6. The number of amides is 1. The third kappa shape index (κ3) is 5.81. The highest BCUT2D eigenvalue weighted by molar-refractivity contribution is 7.89. The Hall–Kier alpha value is -2.90. The highest BCUT2D eigenvalue weighted by atomic mass is 32.2. The van der Waals surface area contributed by atoms with Gasteiger partial charge in [0.1, 0.15) is 5.60 Å². The summed E-state index contributed by atoms with van der Waals surface area (Å²) in [5, 5.41) is 4.26. The number of carbonyl (C=O) groups is 1. The summed E-state index contributed by atoms with van der Waals surface area (Å²) in [6.07, 6.45) is -0.496. The molecule has 0 radical (unpaired) electrons. The number of carbonyl (C=O) groups excluding carboxylic acids is 1. The van der Waals surface area contributed by atoms with E-state index in [4.69, 9.17) is 4.74 Å². The van der Waals surface area contributed by atoms with Crippen LogP contribution >= 0.6 is 0 Å². The van der Waals surface area contributed by atoms with E-state index in [1.165, 1.54) is 0 Å². The summed E-state index contributed by atoms with van der Waals surface area (Å²) in [7, 11) is -3.68. The molecule has 7 heteroatoms. The second-order valence-corrected chi connectivity index (χ2v) is 9.71. The SMILES string of the molecule is CC(C)(C)OC(=O)NCc1cccc(CNS(=O)(=O)c2cccc3ccccc23)c1. The molecular weight excluding hydrogens is 400 g/mol. The van der Waals surface area contributed by atoms with Gasteiger partial charge in [0.25, 0.3) is 0 Å². The molecule has 6 nitrogen and oxygen atoms in total. The third-order valence-corrected chi connectivity index (χ3v) is 5.79. The van der Waals surface area contributed by atoms with Gasteiger partial charge in [-0.15, -0.1) is 0 Å². The maximum Gasteiger partial charge on any atom is 0.407 e. The Balaban J connectivity index is 1.67. The summed E-state index contributed by atoms with van der Waals surface area (Å²) >= 11 is 0. The molecule has 0 aliphatic rings. The second-order valence-electron chi connectivity index (χ2n) is 7.98. The van der Waals surface area contributed by atoms with E-state index in [0.717, 1.165) is 16.5 Å². The van der Waals surface area contributed by atoms with Gasteiger partial charge in [-0.1, -0.05) is 60.7 Å². The van der Waals surface area contributed by atoms with Crippen LogP contribution in [0.4, 0.5) is 4.79 Å². The standard InChI is InChI=1S/C23H26N2O4S/c1-23(2,3)29-22(26)24-15-17-8-6-9-18(14-17)16-25-30(27,28)21-13-7-11-19-10-4-5-12-20(19)21/h4-14,25H,15-16H2,1-3H3,(H,24,26). The molecule has 0 fully saturated rings. The van der Waals surface area contributed by atoms with Gasteiger partial charge in [0.2, 0.25) is 10.0 Å². The maximum atomic E-state index is 12.9. The van der Waals surface area contributed by atoms with E-state index >= 15 is 0 Å². The average Bonchev–Trinajstić information content (AvgIpc) is 2.69. The number of nitrogens with one attached hydrogen (secondary N) is 2. The van der Waals surface area contributed by atoms with E-state index < -0.39 is 21.7 Å². The Morgan fingerprint density at radius 3 is 2.27 bits per heavy atom. The summed E-state index contributed by atoms with van der Waals surface area (Å²) in [5.74, 6) is 0. The van der Waals surface area contributed by atoms with Crippen LogP contribution in [0.5, 0.6) is 0 Å². The van der Waals surface area contributed by atoms with Gasteiger partial charge >= 0.3 is 6.09 Å². The molecule has 0 aromatic heterocycles. The highest BCUT2D eigenvalue weighted by Crippen LogP contribution is 2.22. The summed E-state index contributed by atoms with van der Waals surface area (Å²) < 4.78 is 33.6. The van der Waals surface area contributed by atoms with Crippen LogP contribution in [0.3, 0.4) is 0 Å². The van der Waals surface area contributed by atoms with Crippen molar-refractivity contribution in [2.75, 3.05) is 0 Å². The second kappa shape index (κ2) is 8.85. The van der Waals surface area contributed by atoms with Crippen LogP contribution in [0.1, 0.15) is 31.9 Å². The zero-order valence-electron chi connectivity index (χ0n) is 17.3. The van der Waals surface area contributed by atoms with Crippen LogP contribution in [0.15, 0.2) is 71.6 Å². The van der Waals surface area contributed by atoms with Crippen molar-refractivity contribution in [3.63, 3.8) is 0 Å². The topological polar surface area (TPSA) is 84.5 Å². The fourth-order valence-electron chi connectivity index (χ4n) is 3.02. The van der Waals surface area contributed by atoms with E-state index in [9.17, 15) is 13.2 Å². The van der Waals surface area contributed by atoms with Crippen LogP contribution in [0.25, 0.3) is 10.8 Å². The fourth-order valence-corrected chi connectivity index (χ4v) is 4.27. The zero-order valence-corrected chi connectivity index (χ0v) is 18.1. The molecule has 3 rings (SSSR count). The quantitative estimate of drug-likeness (QED) is 0.614. The molecule has 0 aliphatic carbocycles. The molecule has 3 aromatic rings. The highest BCUT2D eigenvalue weighted by Gasteiger charge is 2.17. The largest absolute Gasteiger partial charge is 0.444 e. The Bertz CT molecular complexity index is 1150. The summed E-state index contributed by atoms with van der Waals surface area (Å²) in [6, 6.07) is 20.0. The monoisotopic (exact) mass is 426 g/mol. The van der Waals surface area contributed by atoms with Gasteiger partial charge in [0.15, 0.2) is 0 Å². The van der Waals surface area contributed by atoms with Crippen LogP contribution in [0, 0.1) is 0 Å². The van der Waals surface area contributed by atoms with Crippen LogP contribution in [-0.2, 0) is 27.8 Å². The molecule has 30 heavy (non-hydrogen) atoms. The van der Waals surface area contributed by atoms with Gasteiger partial charge in [-0.3, -0.25) is 0 Å². The molecular formula is C23H26N2O4S. The first-order chi connectivity index (χ1) is 14.1. The minimum Gasteiger partial charge on any atom is -0.444 e. The third-order valence-electron chi connectivity index (χ3n) is 4.33. The lowest BCUT2D eigenvalue weighted by molar-refractivity contribution is 0.0523. The van der Waals surface area contributed by atoms with Gasteiger partial charge in [-0.2, -0.15) is 0 Å². The van der Waals surface area contributed by atoms with Gasteiger partial charge in [0.05, 0.1) is 4.90 Å². The van der Waals surface area contributed by atoms with Gasteiger partial charge in [-0.05, 0) is 43.4 Å². The Morgan fingerprint density at radius 1 is 0.900 bits per heavy atom. The van der Waals surface area contributed by atoms with Crippen molar-refractivity contribution in [2.24, 2.45) is 0 Å². The molecule has 3 aromatic carbocycles. The number of ether oxygens (including phenoxy) is 1. The molecule has 0 bridgehead atoms. The molecule has 0 unspecified atom stereocenters. The predicted molar refractivity (Wildman–Crippen MR) is 117 cm³/mol. The Morgan fingerprint density at radius 2 is 1.53 bits per heavy atom. The van der Waals surface area contributed by atoms with E-state index in [0.29, 0.717) is 11.9 Å². The minimum atomic E-state index is -3.68. The van der Waals surface area contributed by atoms with Crippen molar-refractivity contribution in [3.05, 3.63) is 77.9 Å². The van der Waals surface area contributed by atoms with E-state index in [1.54, 1.807) is 39.0 Å². The van der Waals surface area contributed by atoms with Gasteiger partial charge in [-0.25, -0.2) is 17.9 Å². The number of fused-ring (bicyclic) bond motifs is 1. The van der Waals surface area contributed by atoms with E-state index in [-0.39, 0.29) is 11.4 Å². The first-order valence-electron chi connectivity index (χ1n) is 9.66. The first-order valence-corrected chi connectivity index (χ1v) is 11.1. The molecule has 0 aliphatic heterocycles.